The highest BCUT2D eigenvalue weighted by atomic mass is 16.5. The summed E-state index contributed by atoms with van der Waals surface area (Å²) < 4.78 is 4.81. The lowest BCUT2D eigenvalue weighted by molar-refractivity contribution is 0.0600. The highest BCUT2D eigenvalue weighted by Crippen LogP contribution is 2.28. The minimum absolute atomic E-state index is 0.154. The number of carbonyl (C=O) groups is 2. The van der Waals surface area contributed by atoms with E-state index in [-0.39, 0.29) is 11.9 Å². The molecule has 0 saturated carbocycles. The topological polar surface area (TPSA) is 58.6 Å². The fourth-order valence-corrected chi connectivity index (χ4v) is 4.28. The van der Waals surface area contributed by atoms with Crippen LogP contribution in [0.2, 0.25) is 0 Å². The highest BCUT2D eigenvalue weighted by Gasteiger charge is 2.20. The standard InChI is InChI=1S/C31H30N2O3/c1-36-30(34)27-18-11-19-28(22-27)32-31(35)33(23-24-12-5-2-6-13-24)21-20-29(25-14-7-3-8-15-25)26-16-9-4-10-17-26/h2-19,22,29H,20-21,23H2,1H3,(H,32,35). The molecule has 0 radical (unpaired) electrons. The van der Waals surface area contributed by atoms with Crippen LogP contribution in [0.1, 0.15) is 39.4 Å². The summed E-state index contributed by atoms with van der Waals surface area (Å²) in [5, 5.41) is 2.96. The van der Waals surface area contributed by atoms with Gasteiger partial charge in [0.05, 0.1) is 12.7 Å². The monoisotopic (exact) mass is 478 g/mol. The van der Waals surface area contributed by atoms with E-state index in [1.807, 2.05) is 71.6 Å². The summed E-state index contributed by atoms with van der Waals surface area (Å²) in [5.74, 6) is -0.290. The van der Waals surface area contributed by atoms with Crippen molar-refractivity contribution < 1.29 is 14.3 Å². The Morgan fingerprint density at radius 2 is 1.36 bits per heavy atom. The van der Waals surface area contributed by atoms with Crippen LogP contribution >= 0.6 is 0 Å². The quantitative estimate of drug-likeness (QED) is 0.271. The maximum atomic E-state index is 13.5. The van der Waals surface area contributed by atoms with Crippen molar-refractivity contribution in [3.63, 3.8) is 0 Å². The Bertz CT molecular complexity index is 1220. The molecule has 0 bridgehead atoms. The number of esters is 1. The number of amides is 2. The first-order chi connectivity index (χ1) is 17.6. The lowest BCUT2D eigenvalue weighted by Crippen LogP contribution is -2.36. The lowest BCUT2D eigenvalue weighted by Gasteiger charge is -2.26. The Labute approximate surface area is 212 Å². The number of urea groups is 1. The van der Waals surface area contributed by atoms with E-state index >= 15 is 0 Å². The smallest absolute Gasteiger partial charge is 0.337 e. The van der Waals surface area contributed by atoms with E-state index < -0.39 is 5.97 Å². The van der Waals surface area contributed by atoms with Gasteiger partial charge in [-0.3, -0.25) is 0 Å². The minimum Gasteiger partial charge on any atom is -0.465 e. The zero-order chi connectivity index (χ0) is 25.2. The van der Waals surface area contributed by atoms with Crippen molar-refractivity contribution in [3.05, 3.63) is 138 Å². The zero-order valence-electron chi connectivity index (χ0n) is 20.3. The largest absolute Gasteiger partial charge is 0.465 e. The number of methoxy groups -OCH3 is 1. The molecule has 0 aliphatic rings. The van der Waals surface area contributed by atoms with Crippen LogP contribution in [-0.4, -0.2) is 30.6 Å². The first-order valence-electron chi connectivity index (χ1n) is 12.0. The maximum absolute atomic E-state index is 13.5. The molecule has 0 atom stereocenters. The van der Waals surface area contributed by atoms with Crippen molar-refractivity contribution in [1.29, 1.82) is 0 Å². The minimum atomic E-state index is -0.444. The summed E-state index contributed by atoms with van der Waals surface area (Å²) >= 11 is 0. The highest BCUT2D eigenvalue weighted by molar-refractivity contribution is 5.93. The van der Waals surface area contributed by atoms with Gasteiger partial charge in [0.1, 0.15) is 0 Å². The average Bonchev–Trinajstić information content (AvgIpc) is 2.94. The van der Waals surface area contributed by atoms with E-state index in [2.05, 4.69) is 29.6 Å². The molecule has 2 amide bonds. The first-order valence-corrected chi connectivity index (χ1v) is 12.0. The number of hydrogen-bond acceptors (Lipinski definition) is 3. The molecule has 0 unspecified atom stereocenters. The number of ether oxygens (including phenoxy) is 1. The van der Waals surface area contributed by atoms with Gasteiger partial charge in [-0.2, -0.15) is 0 Å². The van der Waals surface area contributed by atoms with Gasteiger partial charge in [-0.15, -0.1) is 0 Å². The number of rotatable bonds is 9. The predicted octanol–water partition coefficient (Wildman–Crippen LogP) is 6.73. The third-order valence-corrected chi connectivity index (χ3v) is 6.13. The normalized spacial score (nSPS) is 10.6. The van der Waals surface area contributed by atoms with E-state index in [4.69, 9.17) is 4.74 Å². The molecular formula is C31H30N2O3. The maximum Gasteiger partial charge on any atom is 0.337 e. The molecule has 0 saturated heterocycles. The number of nitrogens with one attached hydrogen (secondary N) is 1. The van der Waals surface area contributed by atoms with Gasteiger partial charge < -0.3 is 15.0 Å². The predicted molar refractivity (Wildman–Crippen MR) is 143 cm³/mol. The molecule has 1 N–H and O–H groups in total. The molecule has 0 aliphatic heterocycles. The van der Waals surface area contributed by atoms with Crippen molar-refractivity contribution in [3.8, 4) is 0 Å². The molecule has 4 rings (SSSR count). The van der Waals surface area contributed by atoms with E-state index in [1.54, 1.807) is 24.3 Å². The first kappa shape index (κ1) is 24.7. The van der Waals surface area contributed by atoms with Crippen LogP contribution in [0.3, 0.4) is 0 Å². The van der Waals surface area contributed by atoms with Crippen molar-refractivity contribution in [2.45, 2.75) is 18.9 Å². The number of hydrogen-bond donors (Lipinski definition) is 1. The van der Waals surface area contributed by atoms with Gasteiger partial charge in [-0.1, -0.05) is 97.1 Å². The number of nitrogens with zero attached hydrogens (tertiary/aromatic N) is 1. The fourth-order valence-electron chi connectivity index (χ4n) is 4.28. The molecule has 0 aromatic heterocycles. The van der Waals surface area contributed by atoms with E-state index in [1.165, 1.54) is 18.2 Å². The summed E-state index contributed by atoms with van der Waals surface area (Å²) in [7, 11) is 1.34. The zero-order valence-corrected chi connectivity index (χ0v) is 20.3. The molecule has 0 aliphatic carbocycles. The molecule has 4 aromatic carbocycles. The van der Waals surface area contributed by atoms with Crippen LogP contribution in [0, 0.1) is 0 Å². The Hall–Kier alpha value is -4.38. The Morgan fingerprint density at radius 1 is 0.778 bits per heavy atom. The second kappa shape index (κ2) is 12.4. The molecule has 5 nitrogen and oxygen atoms in total. The van der Waals surface area contributed by atoms with Gasteiger partial charge in [0.15, 0.2) is 0 Å². The number of anilines is 1. The van der Waals surface area contributed by atoms with Gasteiger partial charge >= 0.3 is 12.0 Å². The Balaban J connectivity index is 1.56. The van der Waals surface area contributed by atoms with E-state index in [0.717, 1.165) is 12.0 Å². The third kappa shape index (κ3) is 6.60. The molecule has 5 heteroatoms. The lowest BCUT2D eigenvalue weighted by atomic mass is 9.88. The average molecular weight is 479 g/mol. The van der Waals surface area contributed by atoms with Gasteiger partial charge in [-0.05, 0) is 41.3 Å². The Kier molecular flexibility index (Phi) is 8.49. The van der Waals surface area contributed by atoms with Crippen molar-refractivity contribution >= 4 is 17.7 Å². The summed E-state index contributed by atoms with van der Waals surface area (Å²) in [6.07, 6.45) is 0.760. The molecule has 182 valence electrons. The van der Waals surface area contributed by atoms with Gasteiger partial charge in [0.2, 0.25) is 0 Å². The van der Waals surface area contributed by atoms with Crippen LogP contribution in [-0.2, 0) is 11.3 Å². The SMILES string of the molecule is COC(=O)c1cccc(NC(=O)N(CCC(c2ccccc2)c2ccccc2)Cc2ccccc2)c1. The van der Waals surface area contributed by atoms with Crippen LogP contribution in [0.15, 0.2) is 115 Å². The van der Waals surface area contributed by atoms with E-state index in [9.17, 15) is 9.59 Å². The second-order valence-corrected chi connectivity index (χ2v) is 8.57. The molecule has 4 aromatic rings. The number of carbonyl (C=O) groups excluding carboxylic acids is 2. The Morgan fingerprint density at radius 3 is 1.94 bits per heavy atom. The third-order valence-electron chi connectivity index (χ3n) is 6.13. The number of benzene rings is 4. The fraction of sp³-hybridized carbons (Fsp3) is 0.161. The van der Waals surface area contributed by atoms with Gasteiger partial charge in [0.25, 0.3) is 0 Å². The summed E-state index contributed by atoms with van der Waals surface area (Å²) in [4.78, 5) is 27.2. The van der Waals surface area contributed by atoms with Crippen LogP contribution in [0.4, 0.5) is 10.5 Å². The van der Waals surface area contributed by atoms with Crippen molar-refractivity contribution in [2.24, 2.45) is 0 Å². The van der Waals surface area contributed by atoms with Crippen LogP contribution in [0.25, 0.3) is 0 Å². The van der Waals surface area contributed by atoms with Crippen LogP contribution < -0.4 is 5.32 Å². The van der Waals surface area contributed by atoms with Gasteiger partial charge in [0, 0.05) is 24.7 Å². The molecule has 0 spiro atoms. The second-order valence-electron chi connectivity index (χ2n) is 8.57. The molecule has 0 fully saturated rings. The van der Waals surface area contributed by atoms with Crippen molar-refractivity contribution in [2.75, 3.05) is 19.0 Å². The van der Waals surface area contributed by atoms with Crippen LogP contribution in [0.5, 0.6) is 0 Å². The van der Waals surface area contributed by atoms with Gasteiger partial charge in [-0.25, -0.2) is 9.59 Å². The molecule has 0 heterocycles. The molecular weight excluding hydrogens is 448 g/mol. The van der Waals surface area contributed by atoms with Crippen molar-refractivity contribution in [1.82, 2.24) is 4.90 Å². The summed E-state index contributed by atoms with van der Waals surface area (Å²) in [6, 6.07) is 37.3. The summed E-state index contributed by atoms with van der Waals surface area (Å²) in [5.41, 5.74) is 4.41. The summed E-state index contributed by atoms with van der Waals surface area (Å²) in [6.45, 7) is 1.02. The molecule has 36 heavy (non-hydrogen) atoms. The van der Waals surface area contributed by atoms with E-state index in [0.29, 0.717) is 24.3 Å².